The van der Waals surface area contributed by atoms with E-state index in [1.54, 1.807) is 0 Å². The zero-order chi connectivity index (χ0) is 14.5. The van der Waals surface area contributed by atoms with Gasteiger partial charge in [0.1, 0.15) is 0 Å². The normalized spacial score (nSPS) is 15.6. The molecule has 1 aromatic carbocycles. The predicted molar refractivity (Wildman–Crippen MR) is 97.6 cm³/mol. The number of hydrogen-bond acceptors (Lipinski definition) is 3. The summed E-state index contributed by atoms with van der Waals surface area (Å²) in [7, 11) is 0. The van der Waals surface area contributed by atoms with E-state index in [-0.39, 0.29) is 36.8 Å². The van der Waals surface area contributed by atoms with Crippen LogP contribution in [0.5, 0.6) is 0 Å². The summed E-state index contributed by atoms with van der Waals surface area (Å²) >= 11 is 5.89. The van der Waals surface area contributed by atoms with Gasteiger partial charge in [0.15, 0.2) is 0 Å². The standard InChI is InChI=1S/C15H22ClN3O.2ClH/c1-2-3-14(17)15(20)19-10-8-18(9-11-19)13-6-4-12(16)5-7-13;;/h4-7,14H,2-3,8-11,17H2,1H3;2*1H. The summed E-state index contributed by atoms with van der Waals surface area (Å²) in [6.07, 6.45) is 1.70. The average Bonchev–Trinajstić information content (AvgIpc) is 2.48. The van der Waals surface area contributed by atoms with Crippen LogP contribution in [0, 0.1) is 0 Å². The lowest BCUT2D eigenvalue weighted by atomic mass is 10.1. The molecule has 0 bridgehead atoms. The molecule has 0 aromatic heterocycles. The summed E-state index contributed by atoms with van der Waals surface area (Å²) in [4.78, 5) is 16.3. The first-order valence-corrected chi connectivity index (χ1v) is 7.54. The summed E-state index contributed by atoms with van der Waals surface area (Å²) in [6, 6.07) is 7.48. The molecule has 1 saturated heterocycles. The van der Waals surface area contributed by atoms with Crippen molar-refractivity contribution in [2.45, 2.75) is 25.8 Å². The number of carbonyl (C=O) groups excluding carboxylic acids is 1. The Morgan fingerprint density at radius 1 is 1.18 bits per heavy atom. The van der Waals surface area contributed by atoms with Gasteiger partial charge in [0.2, 0.25) is 5.91 Å². The minimum Gasteiger partial charge on any atom is -0.368 e. The molecule has 22 heavy (non-hydrogen) atoms. The van der Waals surface area contributed by atoms with Gasteiger partial charge in [-0.05, 0) is 30.7 Å². The maximum atomic E-state index is 12.1. The fourth-order valence-electron chi connectivity index (χ4n) is 2.51. The maximum Gasteiger partial charge on any atom is 0.239 e. The molecule has 1 aliphatic heterocycles. The van der Waals surface area contributed by atoms with Crippen molar-refractivity contribution in [3.8, 4) is 0 Å². The molecular formula is C15H24Cl3N3O. The molecule has 7 heteroatoms. The Bertz CT molecular complexity index is 448. The van der Waals surface area contributed by atoms with Crippen LogP contribution in [-0.4, -0.2) is 43.0 Å². The highest BCUT2D eigenvalue weighted by atomic mass is 35.5. The molecule has 0 spiro atoms. The Labute approximate surface area is 149 Å². The van der Waals surface area contributed by atoms with Crippen molar-refractivity contribution in [3.05, 3.63) is 29.3 Å². The molecule has 2 N–H and O–H groups in total. The lowest BCUT2D eigenvalue weighted by Gasteiger charge is -2.37. The second-order valence-electron chi connectivity index (χ2n) is 5.18. The van der Waals surface area contributed by atoms with Crippen molar-refractivity contribution >= 4 is 48.0 Å². The first-order chi connectivity index (χ1) is 9.61. The molecule has 1 unspecified atom stereocenters. The number of amides is 1. The molecule has 1 atom stereocenters. The molecule has 1 amide bonds. The fraction of sp³-hybridized carbons (Fsp3) is 0.533. The van der Waals surface area contributed by atoms with Crippen LogP contribution in [0.2, 0.25) is 5.02 Å². The number of nitrogens with two attached hydrogens (primary N) is 1. The van der Waals surface area contributed by atoms with Crippen LogP contribution >= 0.6 is 36.4 Å². The Balaban J connectivity index is 0.00000220. The van der Waals surface area contributed by atoms with Crippen LogP contribution in [0.4, 0.5) is 5.69 Å². The van der Waals surface area contributed by atoms with Gasteiger partial charge in [-0.2, -0.15) is 0 Å². The van der Waals surface area contributed by atoms with E-state index < -0.39 is 0 Å². The van der Waals surface area contributed by atoms with E-state index in [0.717, 1.165) is 49.7 Å². The van der Waals surface area contributed by atoms with Gasteiger partial charge >= 0.3 is 0 Å². The lowest BCUT2D eigenvalue weighted by molar-refractivity contribution is -0.133. The van der Waals surface area contributed by atoms with E-state index in [9.17, 15) is 4.79 Å². The van der Waals surface area contributed by atoms with Crippen LogP contribution in [0.3, 0.4) is 0 Å². The highest BCUT2D eigenvalue weighted by Crippen LogP contribution is 2.19. The minimum atomic E-state index is -0.345. The second-order valence-corrected chi connectivity index (χ2v) is 5.62. The Morgan fingerprint density at radius 2 is 1.73 bits per heavy atom. The largest absolute Gasteiger partial charge is 0.368 e. The number of rotatable bonds is 4. The van der Waals surface area contributed by atoms with Crippen molar-refractivity contribution in [2.75, 3.05) is 31.1 Å². The van der Waals surface area contributed by atoms with Crippen molar-refractivity contribution in [3.63, 3.8) is 0 Å². The summed E-state index contributed by atoms with van der Waals surface area (Å²) in [5, 5.41) is 0.744. The van der Waals surface area contributed by atoms with Gasteiger partial charge in [0, 0.05) is 36.9 Å². The Kier molecular flexibility index (Phi) is 9.85. The summed E-state index contributed by atoms with van der Waals surface area (Å²) in [5.41, 5.74) is 7.05. The van der Waals surface area contributed by atoms with Crippen LogP contribution < -0.4 is 10.6 Å². The molecular weight excluding hydrogens is 345 g/mol. The van der Waals surface area contributed by atoms with Gasteiger partial charge in [-0.1, -0.05) is 24.9 Å². The third-order valence-electron chi connectivity index (χ3n) is 3.70. The first-order valence-electron chi connectivity index (χ1n) is 7.16. The van der Waals surface area contributed by atoms with E-state index in [2.05, 4.69) is 4.90 Å². The van der Waals surface area contributed by atoms with Crippen LogP contribution in [0.15, 0.2) is 24.3 Å². The lowest BCUT2D eigenvalue weighted by Crippen LogP contribution is -2.53. The molecule has 126 valence electrons. The van der Waals surface area contributed by atoms with Crippen LogP contribution in [-0.2, 0) is 4.79 Å². The molecule has 1 aromatic rings. The maximum absolute atomic E-state index is 12.1. The van der Waals surface area contributed by atoms with Crippen LogP contribution in [0.25, 0.3) is 0 Å². The van der Waals surface area contributed by atoms with Gasteiger partial charge in [0.25, 0.3) is 0 Å². The van der Waals surface area contributed by atoms with E-state index >= 15 is 0 Å². The summed E-state index contributed by atoms with van der Waals surface area (Å²) in [5.74, 6) is 0.0857. The molecule has 4 nitrogen and oxygen atoms in total. The van der Waals surface area contributed by atoms with Crippen molar-refractivity contribution in [1.29, 1.82) is 0 Å². The molecule has 1 aliphatic rings. The topological polar surface area (TPSA) is 49.6 Å². The zero-order valence-corrected chi connectivity index (χ0v) is 15.1. The number of nitrogens with zero attached hydrogens (tertiary/aromatic N) is 2. The average molecular weight is 369 g/mol. The number of hydrogen-bond donors (Lipinski definition) is 1. The Hall–Kier alpha value is -0.680. The van der Waals surface area contributed by atoms with Crippen molar-refractivity contribution < 1.29 is 4.79 Å². The van der Waals surface area contributed by atoms with E-state index in [4.69, 9.17) is 17.3 Å². The third kappa shape index (κ3) is 5.51. The van der Waals surface area contributed by atoms with Gasteiger partial charge in [0.05, 0.1) is 6.04 Å². The molecule has 1 fully saturated rings. The third-order valence-corrected chi connectivity index (χ3v) is 3.95. The van der Waals surface area contributed by atoms with Gasteiger partial charge in [-0.3, -0.25) is 4.79 Å². The van der Waals surface area contributed by atoms with Gasteiger partial charge in [-0.25, -0.2) is 0 Å². The van der Waals surface area contributed by atoms with E-state index in [1.807, 2.05) is 36.1 Å². The zero-order valence-electron chi connectivity index (χ0n) is 12.7. The smallest absolute Gasteiger partial charge is 0.239 e. The Morgan fingerprint density at radius 3 is 2.23 bits per heavy atom. The number of halogens is 3. The molecule has 2 rings (SSSR count). The predicted octanol–water partition coefficient (Wildman–Crippen LogP) is 2.96. The second kappa shape index (κ2) is 10.2. The summed E-state index contributed by atoms with van der Waals surface area (Å²) in [6.45, 7) is 5.20. The summed E-state index contributed by atoms with van der Waals surface area (Å²) < 4.78 is 0. The van der Waals surface area contributed by atoms with E-state index in [1.165, 1.54) is 0 Å². The molecule has 0 aliphatic carbocycles. The number of piperazine rings is 1. The quantitative estimate of drug-likeness (QED) is 0.889. The number of anilines is 1. The van der Waals surface area contributed by atoms with Crippen molar-refractivity contribution in [1.82, 2.24) is 4.90 Å². The number of benzene rings is 1. The fourth-order valence-corrected chi connectivity index (χ4v) is 2.63. The minimum absolute atomic E-state index is 0. The molecule has 0 radical (unpaired) electrons. The van der Waals surface area contributed by atoms with Crippen molar-refractivity contribution in [2.24, 2.45) is 5.73 Å². The number of carbonyl (C=O) groups is 1. The molecule has 1 heterocycles. The SMILES string of the molecule is CCCC(N)C(=O)N1CCN(c2ccc(Cl)cc2)CC1.Cl.Cl. The monoisotopic (exact) mass is 367 g/mol. The van der Waals surface area contributed by atoms with Gasteiger partial charge < -0.3 is 15.5 Å². The van der Waals surface area contributed by atoms with E-state index in [0.29, 0.717) is 0 Å². The highest BCUT2D eigenvalue weighted by Gasteiger charge is 2.24. The first kappa shape index (κ1) is 21.3. The molecule has 0 saturated carbocycles. The highest BCUT2D eigenvalue weighted by molar-refractivity contribution is 6.30. The van der Waals surface area contributed by atoms with Crippen LogP contribution in [0.1, 0.15) is 19.8 Å². The van der Waals surface area contributed by atoms with Gasteiger partial charge in [-0.15, -0.1) is 24.8 Å².